The van der Waals surface area contributed by atoms with E-state index >= 15 is 0 Å². The van der Waals surface area contributed by atoms with Crippen LogP contribution in [0.15, 0.2) is 72.1 Å². The highest BCUT2D eigenvalue weighted by Gasteiger charge is 2.34. The van der Waals surface area contributed by atoms with Crippen molar-refractivity contribution in [1.29, 1.82) is 0 Å². The Hall–Kier alpha value is -3.51. The molecule has 0 radical (unpaired) electrons. The van der Waals surface area contributed by atoms with E-state index in [1.165, 1.54) is 5.56 Å². The summed E-state index contributed by atoms with van der Waals surface area (Å²) in [6.07, 6.45) is 0.748. The molecule has 2 heterocycles. The molecule has 1 aromatic heterocycles. The van der Waals surface area contributed by atoms with Gasteiger partial charge < -0.3 is 19.1 Å². The SMILES string of the molecule is COc1cc2c(cc1OC)C(c1cccs1)N(C(=O)COc1cccc3ccccc13)CC2. The third kappa shape index (κ3) is 4.02. The van der Waals surface area contributed by atoms with Crippen molar-refractivity contribution < 1.29 is 19.0 Å². The lowest BCUT2D eigenvalue weighted by Crippen LogP contribution is -2.42. The second-order valence-electron chi connectivity index (χ2n) is 7.93. The number of fused-ring (bicyclic) bond motifs is 2. The molecule has 5 nitrogen and oxygen atoms in total. The molecule has 5 rings (SSSR count). The summed E-state index contributed by atoms with van der Waals surface area (Å²) in [4.78, 5) is 16.5. The van der Waals surface area contributed by atoms with Crippen LogP contribution in [0, 0.1) is 0 Å². The van der Waals surface area contributed by atoms with Crippen LogP contribution in [0.5, 0.6) is 17.2 Å². The Morgan fingerprint density at radius 3 is 2.55 bits per heavy atom. The number of carbonyl (C=O) groups excluding carboxylic acids is 1. The van der Waals surface area contributed by atoms with E-state index in [9.17, 15) is 4.79 Å². The average molecular weight is 460 g/mol. The Morgan fingerprint density at radius 1 is 0.970 bits per heavy atom. The van der Waals surface area contributed by atoms with E-state index < -0.39 is 0 Å². The van der Waals surface area contributed by atoms with Gasteiger partial charge in [-0.1, -0.05) is 42.5 Å². The standard InChI is InChI=1S/C27H25NO4S/c1-30-23-15-19-12-13-28(27(25-11-6-14-33-25)21(19)16-24(23)31-2)26(29)17-32-22-10-5-8-18-7-3-4-9-20(18)22/h3-11,14-16,27H,12-13,17H2,1-2H3. The maximum atomic E-state index is 13.5. The Kier molecular flexibility index (Phi) is 5.92. The van der Waals surface area contributed by atoms with Crippen molar-refractivity contribution in [2.24, 2.45) is 0 Å². The zero-order valence-electron chi connectivity index (χ0n) is 18.6. The summed E-state index contributed by atoms with van der Waals surface area (Å²) in [7, 11) is 3.28. The van der Waals surface area contributed by atoms with Crippen molar-refractivity contribution in [2.75, 3.05) is 27.4 Å². The summed E-state index contributed by atoms with van der Waals surface area (Å²) < 4.78 is 17.1. The smallest absolute Gasteiger partial charge is 0.261 e. The molecule has 4 aromatic rings. The van der Waals surface area contributed by atoms with Crippen molar-refractivity contribution in [3.63, 3.8) is 0 Å². The third-order valence-electron chi connectivity index (χ3n) is 6.11. The molecule has 0 aliphatic carbocycles. The molecule has 3 aromatic carbocycles. The van der Waals surface area contributed by atoms with Crippen LogP contribution >= 0.6 is 11.3 Å². The summed E-state index contributed by atoms with van der Waals surface area (Å²) in [5.74, 6) is 2.05. The monoisotopic (exact) mass is 459 g/mol. The van der Waals surface area contributed by atoms with Crippen LogP contribution in [-0.2, 0) is 11.2 Å². The highest BCUT2D eigenvalue weighted by molar-refractivity contribution is 7.10. The van der Waals surface area contributed by atoms with E-state index in [-0.39, 0.29) is 18.6 Å². The van der Waals surface area contributed by atoms with Crippen LogP contribution in [-0.4, -0.2) is 38.2 Å². The summed E-state index contributed by atoms with van der Waals surface area (Å²) >= 11 is 1.65. The molecule has 0 spiro atoms. The molecule has 0 N–H and O–H groups in total. The Morgan fingerprint density at radius 2 is 1.76 bits per heavy atom. The van der Waals surface area contributed by atoms with Crippen molar-refractivity contribution in [3.05, 3.63) is 88.1 Å². The Balaban J connectivity index is 1.45. The van der Waals surface area contributed by atoms with Gasteiger partial charge in [0, 0.05) is 16.8 Å². The van der Waals surface area contributed by atoms with Gasteiger partial charge >= 0.3 is 0 Å². The van der Waals surface area contributed by atoms with Gasteiger partial charge in [-0.05, 0) is 52.6 Å². The van der Waals surface area contributed by atoms with Crippen LogP contribution in [0.3, 0.4) is 0 Å². The number of benzene rings is 3. The molecule has 33 heavy (non-hydrogen) atoms. The minimum absolute atomic E-state index is 0.0154. The molecular weight excluding hydrogens is 434 g/mol. The number of thiophene rings is 1. The van der Waals surface area contributed by atoms with E-state index in [1.807, 2.05) is 70.9 Å². The van der Waals surface area contributed by atoms with Gasteiger partial charge in [-0.3, -0.25) is 4.79 Å². The third-order valence-corrected chi connectivity index (χ3v) is 7.03. The van der Waals surface area contributed by atoms with Crippen LogP contribution in [0.1, 0.15) is 22.0 Å². The summed E-state index contributed by atoms with van der Waals surface area (Å²) in [5.41, 5.74) is 2.24. The molecule has 168 valence electrons. The lowest BCUT2D eigenvalue weighted by atomic mass is 9.90. The molecule has 1 amide bonds. The second-order valence-corrected chi connectivity index (χ2v) is 8.91. The lowest BCUT2D eigenvalue weighted by molar-refractivity contribution is -0.135. The highest BCUT2D eigenvalue weighted by Crippen LogP contribution is 2.42. The first-order chi connectivity index (χ1) is 16.2. The molecule has 0 saturated carbocycles. The molecule has 0 fully saturated rings. The normalized spacial score (nSPS) is 15.2. The van der Waals surface area contributed by atoms with E-state index in [4.69, 9.17) is 14.2 Å². The van der Waals surface area contributed by atoms with E-state index in [1.54, 1.807) is 25.6 Å². The zero-order chi connectivity index (χ0) is 22.8. The molecular formula is C27H25NO4S. The number of nitrogens with zero attached hydrogens (tertiary/aromatic N) is 1. The second kappa shape index (κ2) is 9.16. The predicted molar refractivity (Wildman–Crippen MR) is 131 cm³/mol. The van der Waals surface area contributed by atoms with Gasteiger partial charge in [0.2, 0.25) is 0 Å². The number of carbonyl (C=O) groups is 1. The van der Waals surface area contributed by atoms with Crippen molar-refractivity contribution in [3.8, 4) is 17.2 Å². The van der Waals surface area contributed by atoms with Gasteiger partial charge in [-0.15, -0.1) is 11.3 Å². The van der Waals surface area contributed by atoms with Crippen LogP contribution in [0.4, 0.5) is 0 Å². The Labute approximate surface area is 197 Å². The van der Waals surface area contributed by atoms with Gasteiger partial charge in [-0.2, -0.15) is 0 Å². The van der Waals surface area contributed by atoms with Gasteiger partial charge in [0.25, 0.3) is 5.91 Å². The largest absolute Gasteiger partial charge is 0.493 e. The van der Waals surface area contributed by atoms with Gasteiger partial charge in [0.05, 0.1) is 20.3 Å². The molecule has 6 heteroatoms. The van der Waals surface area contributed by atoms with E-state index in [0.29, 0.717) is 18.0 Å². The maximum absolute atomic E-state index is 13.5. The molecule has 1 unspecified atom stereocenters. The summed E-state index contributed by atoms with van der Waals surface area (Å²) in [6, 6.07) is 21.9. The van der Waals surface area contributed by atoms with Gasteiger partial charge in [0.1, 0.15) is 5.75 Å². The van der Waals surface area contributed by atoms with Crippen LogP contribution in [0.25, 0.3) is 10.8 Å². The number of hydrogen-bond acceptors (Lipinski definition) is 5. The van der Waals surface area contributed by atoms with Crippen molar-refractivity contribution in [2.45, 2.75) is 12.5 Å². The fraction of sp³-hybridized carbons (Fsp3) is 0.222. The number of rotatable bonds is 6. The summed E-state index contributed by atoms with van der Waals surface area (Å²) in [6.45, 7) is 0.598. The first-order valence-electron chi connectivity index (χ1n) is 10.9. The molecule has 0 bridgehead atoms. The van der Waals surface area contributed by atoms with Crippen LogP contribution < -0.4 is 14.2 Å². The molecule has 0 saturated heterocycles. The lowest BCUT2D eigenvalue weighted by Gasteiger charge is -2.37. The minimum Gasteiger partial charge on any atom is -0.493 e. The number of amides is 1. The first-order valence-corrected chi connectivity index (χ1v) is 11.8. The van der Waals surface area contributed by atoms with Crippen molar-refractivity contribution in [1.82, 2.24) is 4.90 Å². The molecule has 1 atom stereocenters. The minimum atomic E-state index is -0.183. The van der Waals surface area contributed by atoms with Gasteiger partial charge in [-0.25, -0.2) is 0 Å². The number of hydrogen-bond donors (Lipinski definition) is 0. The average Bonchev–Trinajstić information content (AvgIpc) is 3.40. The fourth-order valence-corrected chi connectivity index (χ4v) is 5.37. The van der Waals surface area contributed by atoms with E-state index in [0.717, 1.165) is 33.4 Å². The Bertz CT molecular complexity index is 1280. The zero-order valence-corrected chi connectivity index (χ0v) is 19.4. The van der Waals surface area contributed by atoms with E-state index in [2.05, 4.69) is 6.07 Å². The van der Waals surface area contributed by atoms with Gasteiger partial charge in [0.15, 0.2) is 18.1 Å². The number of ether oxygens (including phenoxy) is 3. The highest BCUT2D eigenvalue weighted by atomic mass is 32.1. The summed E-state index contributed by atoms with van der Waals surface area (Å²) in [5, 5.41) is 4.13. The van der Waals surface area contributed by atoms with Crippen molar-refractivity contribution >= 4 is 28.0 Å². The first kappa shape index (κ1) is 21.3. The topological polar surface area (TPSA) is 48.0 Å². The quantitative estimate of drug-likeness (QED) is 0.384. The predicted octanol–water partition coefficient (Wildman–Crippen LogP) is 5.47. The van der Waals surface area contributed by atoms with Crippen LogP contribution in [0.2, 0.25) is 0 Å². The number of methoxy groups -OCH3 is 2. The fourth-order valence-electron chi connectivity index (χ4n) is 4.51. The maximum Gasteiger partial charge on any atom is 0.261 e. The molecule has 1 aliphatic heterocycles. The molecule has 1 aliphatic rings.